The number of fused-ring (bicyclic) bond motifs is 3. The van der Waals surface area contributed by atoms with E-state index in [1.807, 2.05) is 25.1 Å². The zero-order valence-electron chi connectivity index (χ0n) is 21.9. The highest BCUT2D eigenvalue weighted by molar-refractivity contribution is 7.84. The number of rotatable bonds is 11. The fourth-order valence-electron chi connectivity index (χ4n) is 5.73. The molecule has 4 unspecified atom stereocenters. The van der Waals surface area contributed by atoms with Gasteiger partial charge in [-0.2, -0.15) is 0 Å². The molecule has 200 valence electrons. The molecular formula is C30H33FN2O4S. The summed E-state index contributed by atoms with van der Waals surface area (Å²) in [4.78, 5) is 16.0. The third-order valence-corrected chi connectivity index (χ3v) is 8.59. The van der Waals surface area contributed by atoms with Crippen LogP contribution in [-0.2, 0) is 35.0 Å². The highest BCUT2D eigenvalue weighted by atomic mass is 32.2. The Morgan fingerprint density at radius 3 is 2.74 bits per heavy atom. The molecule has 1 heterocycles. The summed E-state index contributed by atoms with van der Waals surface area (Å²) >= 11 is 0. The van der Waals surface area contributed by atoms with E-state index >= 15 is 0 Å². The molecule has 2 N–H and O–H groups in total. The fraction of sp³-hybridized carbons (Fsp3) is 0.400. The molecule has 5 rings (SSSR count). The predicted molar refractivity (Wildman–Crippen MR) is 148 cm³/mol. The molecule has 2 aliphatic rings. The summed E-state index contributed by atoms with van der Waals surface area (Å²) < 4.78 is 31.7. The number of pyridine rings is 1. The van der Waals surface area contributed by atoms with Gasteiger partial charge in [0.2, 0.25) is 5.88 Å². The van der Waals surface area contributed by atoms with Crippen LogP contribution < -0.4 is 10.1 Å². The molecule has 8 heteroatoms. The van der Waals surface area contributed by atoms with Crippen LogP contribution >= 0.6 is 0 Å². The Morgan fingerprint density at radius 1 is 1.21 bits per heavy atom. The molecule has 1 fully saturated rings. The minimum absolute atomic E-state index is 0.145. The highest BCUT2D eigenvalue weighted by Crippen LogP contribution is 2.62. The van der Waals surface area contributed by atoms with E-state index in [1.165, 1.54) is 17.2 Å². The number of nitrogens with zero attached hydrogens (tertiary/aromatic N) is 1. The molecular weight excluding hydrogens is 503 g/mol. The van der Waals surface area contributed by atoms with Crippen LogP contribution in [0.25, 0.3) is 11.1 Å². The van der Waals surface area contributed by atoms with Crippen molar-refractivity contribution < 1.29 is 23.2 Å². The standard InChI is InChI=1S/C30H33FN2O4S/c1-4-18-13-23-20(14-24-28(23)29(24)30(34)35)15-26(18)32-16-21-12-19(6-8-25(21)31)22-7-9-27(33-17(22)2)37-10-5-11-38(3)36/h6-9,12-13,15,24,28-29,32H,4-5,10-11,14,16H2,1-3H3,(H,34,35). The minimum Gasteiger partial charge on any atom is -0.481 e. The van der Waals surface area contributed by atoms with Gasteiger partial charge in [0, 0.05) is 63.8 Å². The van der Waals surface area contributed by atoms with Crippen LogP contribution in [0.3, 0.4) is 0 Å². The normalized spacial score (nSPS) is 19.9. The van der Waals surface area contributed by atoms with Crippen molar-refractivity contribution in [1.82, 2.24) is 4.98 Å². The largest absolute Gasteiger partial charge is 0.481 e. The molecule has 1 aromatic heterocycles. The number of carboxylic acids is 1. The van der Waals surface area contributed by atoms with Crippen LogP contribution in [0, 0.1) is 24.6 Å². The lowest BCUT2D eigenvalue weighted by Gasteiger charge is -2.16. The molecule has 0 radical (unpaired) electrons. The maximum absolute atomic E-state index is 14.8. The Balaban J connectivity index is 1.29. The lowest BCUT2D eigenvalue weighted by molar-refractivity contribution is -0.139. The fourth-order valence-corrected chi connectivity index (χ4v) is 6.25. The van der Waals surface area contributed by atoms with E-state index < -0.39 is 16.8 Å². The molecule has 6 nitrogen and oxygen atoms in total. The van der Waals surface area contributed by atoms with Crippen molar-refractivity contribution in [2.24, 2.45) is 11.8 Å². The van der Waals surface area contributed by atoms with E-state index in [0.717, 1.165) is 40.9 Å². The Hall–Kier alpha value is -3.26. The van der Waals surface area contributed by atoms with Gasteiger partial charge in [0.15, 0.2) is 0 Å². The summed E-state index contributed by atoms with van der Waals surface area (Å²) in [7, 11) is -0.836. The van der Waals surface area contributed by atoms with E-state index in [4.69, 9.17) is 4.74 Å². The first kappa shape index (κ1) is 26.4. The van der Waals surface area contributed by atoms with E-state index in [0.29, 0.717) is 36.8 Å². The number of aliphatic carboxylic acids is 1. The second kappa shape index (κ2) is 10.8. The van der Waals surface area contributed by atoms with Gasteiger partial charge in [0.05, 0.1) is 12.5 Å². The molecule has 1 saturated carbocycles. The van der Waals surface area contributed by atoms with Gasteiger partial charge in [-0.3, -0.25) is 9.00 Å². The highest BCUT2D eigenvalue weighted by Gasteiger charge is 2.59. The number of aromatic nitrogens is 1. The Bertz CT molecular complexity index is 1410. The maximum atomic E-state index is 14.8. The molecule has 3 aromatic rings. The Kier molecular flexibility index (Phi) is 7.52. The van der Waals surface area contributed by atoms with Crippen LogP contribution in [0.15, 0.2) is 42.5 Å². The molecule has 0 spiro atoms. The number of hydrogen-bond acceptors (Lipinski definition) is 5. The minimum atomic E-state index is -0.836. The van der Waals surface area contributed by atoms with Crippen molar-refractivity contribution in [1.29, 1.82) is 0 Å². The van der Waals surface area contributed by atoms with Gasteiger partial charge in [0.25, 0.3) is 0 Å². The van der Waals surface area contributed by atoms with Gasteiger partial charge in [-0.1, -0.05) is 19.1 Å². The van der Waals surface area contributed by atoms with Crippen LogP contribution in [0.5, 0.6) is 5.88 Å². The lowest BCUT2D eigenvalue weighted by atomic mass is 9.96. The number of benzene rings is 2. The van der Waals surface area contributed by atoms with Gasteiger partial charge >= 0.3 is 5.97 Å². The average Bonchev–Trinajstić information content (AvgIpc) is 3.49. The molecule has 0 aliphatic heterocycles. The molecule has 38 heavy (non-hydrogen) atoms. The Labute approximate surface area is 225 Å². The van der Waals surface area contributed by atoms with Crippen LogP contribution in [0.1, 0.15) is 47.2 Å². The van der Waals surface area contributed by atoms with Crippen molar-refractivity contribution in [3.63, 3.8) is 0 Å². The zero-order valence-corrected chi connectivity index (χ0v) is 22.7. The number of aryl methyl sites for hydroxylation is 2. The molecule has 0 saturated heterocycles. The number of ether oxygens (including phenoxy) is 1. The van der Waals surface area contributed by atoms with Gasteiger partial charge < -0.3 is 15.2 Å². The number of nitrogens with one attached hydrogen (secondary N) is 1. The first-order chi connectivity index (χ1) is 18.3. The van der Waals surface area contributed by atoms with Gasteiger partial charge in [-0.15, -0.1) is 0 Å². The molecule has 0 amide bonds. The summed E-state index contributed by atoms with van der Waals surface area (Å²) in [5.41, 5.74) is 7.63. The quantitative estimate of drug-likeness (QED) is 0.315. The van der Waals surface area contributed by atoms with Crippen LogP contribution in [0.2, 0.25) is 0 Å². The number of anilines is 1. The number of carbonyl (C=O) groups is 1. The van der Waals surface area contributed by atoms with E-state index in [-0.39, 0.29) is 23.6 Å². The van der Waals surface area contributed by atoms with E-state index in [1.54, 1.807) is 12.3 Å². The summed E-state index contributed by atoms with van der Waals surface area (Å²) in [6, 6.07) is 13.1. The van der Waals surface area contributed by atoms with E-state index in [2.05, 4.69) is 29.4 Å². The number of hydrogen-bond donors (Lipinski definition) is 2. The summed E-state index contributed by atoms with van der Waals surface area (Å²) in [6.45, 7) is 4.78. The summed E-state index contributed by atoms with van der Waals surface area (Å²) in [5.74, 6) is 0.270. The van der Waals surface area contributed by atoms with Gasteiger partial charge in [-0.05, 0) is 78.6 Å². The average molecular weight is 537 g/mol. The first-order valence-electron chi connectivity index (χ1n) is 13.1. The Morgan fingerprint density at radius 2 is 2.03 bits per heavy atom. The van der Waals surface area contributed by atoms with Crippen molar-refractivity contribution in [2.75, 3.05) is 23.9 Å². The predicted octanol–water partition coefficient (Wildman–Crippen LogP) is 5.49. The molecule has 2 aliphatic carbocycles. The van der Waals surface area contributed by atoms with Crippen LogP contribution in [0.4, 0.5) is 10.1 Å². The first-order valence-corrected chi connectivity index (χ1v) is 14.8. The third kappa shape index (κ3) is 5.32. The smallest absolute Gasteiger partial charge is 0.307 e. The van der Waals surface area contributed by atoms with Gasteiger partial charge in [-0.25, -0.2) is 9.37 Å². The molecule has 2 aromatic carbocycles. The van der Waals surface area contributed by atoms with E-state index in [9.17, 15) is 18.5 Å². The third-order valence-electron chi connectivity index (χ3n) is 7.73. The molecule has 4 atom stereocenters. The van der Waals surface area contributed by atoms with Crippen molar-refractivity contribution in [3.05, 3.63) is 76.2 Å². The second-order valence-electron chi connectivity index (χ2n) is 10.2. The zero-order chi connectivity index (χ0) is 27.0. The van der Waals surface area contributed by atoms with Crippen molar-refractivity contribution in [2.45, 2.75) is 45.6 Å². The lowest BCUT2D eigenvalue weighted by Crippen LogP contribution is -2.08. The summed E-state index contributed by atoms with van der Waals surface area (Å²) in [6.07, 6.45) is 3.98. The van der Waals surface area contributed by atoms with Gasteiger partial charge in [0.1, 0.15) is 5.82 Å². The maximum Gasteiger partial charge on any atom is 0.307 e. The second-order valence-corrected chi connectivity index (χ2v) is 11.8. The molecule has 0 bridgehead atoms. The number of carboxylic acid groups (broad SMARTS) is 1. The summed E-state index contributed by atoms with van der Waals surface area (Å²) in [5, 5.41) is 12.9. The van der Waals surface area contributed by atoms with Crippen molar-refractivity contribution in [3.8, 4) is 17.0 Å². The van der Waals surface area contributed by atoms with Crippen molar-refractivity contribution >= 4 is 22.5 Å². The topological polar surface area (TPSA) is 88.5 Å². The number of halogens is 1. The SMILES string of the molecule is CCc1cc2c(cc1NCc1cc(-c3ccc(OCCCS(C)=O)nc3C)ccc1F)CC1C(C(=O)O)C21. The monoisotopic (exact) mass is 536 g/mol. The van der Waals surface area contributed by atoms with Crippen LogP contribution in [-0.4, -0.2) is 38.9 Å².